The maximum Gasteiger partial charge on any atom is 1.00 e. The molecule has 0 aliphatic heterocycles. The second-order valence-electron chi connectivity index (χ2n) is 16.4. The Balaban J connectivity index is 0.00000210. The number of para-hydroxylation sites is 8. The second-order valence-corrected chi connectivity index (χ2v) is 23.0. The minimum absolute atomic E-state index is 0. The van der Waals surface area contributed by atoms with Crippen LogP contribution in [0.1, 0.15) is 14.0 Å². The van der Waals surface area contributed by atoms with Crippen LogP contribution in [0.25, 0.3) is 56.3 Å². The third-order valence-electron chi connectivity index (χ3n) is 11.4. The summed E-state index contributed by atoms with van der Waals surface area (Å²) in [4.78, 5) is 36.1. The van der Waals surface area contributed by atoms with Gasteiger partial charge in [-0.2, -0.15) is 16.8 Å². The van der Waals surface area contributed by atoms with Gasteiger partial charge in [-0.15, -0.1) is 0 Å². The van der Waals surface area contributed by atoms with Crippen LogP contribution in [0.15, 0.2) is 201 Å². The average Bonchev–Trinajstić information content (AvgIpc) is 4.24. The van der Waals surface area contributed by atoms with Gasteiger partial charge in [-0.1, -0.05) is 72.8 Å². The Hall–Kier alpha value is -6.08. The Kier molecular flexibility index (Phi) is 16.5. The number of aromatic nitrogens is 12. The first kappa shape index (κ1) is 55.2. The second kappa shape index (κ2) is 23.3. The van der Waals surface area contributed by atoms with Crippen molar-refractivity contribution in [2.75, 3.05) is 10.6 Å². The van der Waals surface area contributed by atoms with Gasteiger partial charge in [-0.05, 0) is 83.9 Å². The number of anilines is 4. The summed E-state index contributed by atoms with van der Waals surface area (Å²) in [6, 6.07) is 42.4. The summed E-state index contributed by atoms with van der Waals surface area (Å²) in [5, 5.41) is 8.07. The van der Waals surface area contributed by atoms with Crippen LogP contribution in [0.5, 0.6) is 0 Å². The smallest absolute Gasteiger partial charge is 1.00 e. The summed E-state index contributed by atoms with van der Waals surface area (Å²) in [6.45, 7) is 0. The summed E-state index contributed by atoms with van der Waals surface area (Å²) < 4.78 is 80.5. The van der Waals surface area contributed by atoms with Crippen LogP contribution in [-0.4, -0.2) is 81.7 Å². The van der Waals surface area contributed by atoms with E-state index < -0.39 is 30.0 Å². The van der Waals surface area contributed by atoms with Crippen molar-refractivity contribution in [3.63, 3.8) is 0 Å². The van der Waals surface area contributed by atoms with E-state index >= 15 is 0 Å². The van der Waals surface area contributed by atoms with E-state index in [1.807, 2.05) is 113 Å². The summed E-state index contributed by atoms with van der Waals surface area (Å²) in [6.07, 6.45) is 9.37. The number of hydrogen-bond acceptors (Lipinski definition) is 18. The number of nitrogens with one attached hydrogen (secondary N) is 2. The van der Waals surface area contributed by atoms with Crippen molar-refractivity contribution in [2.45, 2.75) is 30.2 Å². The van der Waals surface area contributed by atoms with Gasteiger partial charge in [0.15, 0.2) is 0 Å². The molecule has 12 aromatic rings. The van der Waals surface area contributed by atoms with Crippen molar-refractivity contribution < 1.29 is 87.9 Å². The zero-order valence-corrected chi connectivity index (χ0v) is 49.6. The molecule has 0 amide bonds. The van der Waals surface area contributed by atoms with E-state index in [4.69, 9.17) is 19.9 Å². The van der Waals surface area contributed by atoms with Gasteiger partial charge in [0.05, 0.1) is 44.1 Å². The third-order valence-corrected chi connectivity index (χ3v) is 16.6. The van der Waals surface area contributed by atoms with E-state index in [-0.39, 0.29) is 84.5 Å². The minimum Gasteiger partial charge on any atom is -1.00 e. The molecule has 0 fully saturated rings. The van der Waals surface area contributed by atoms with E-state index in [1.165, 1.54) is 84.2 Å². The van der Waals surface area contributed by atoms with Crippen molar-refractivity contribution in [1.29, 1.82) is 0 Å². The molecular formula is C50H36N14Na2O6S6. The topological polar surface area (TPSA) is 256 Å². The van der Waals surface area contributed by atoms with E-state index in [2.05, 4.69) is 30.6 Å². The van der Waals surface area contributed by atoms with Gasteiger partial charge in [0.1, 0.15) is 56.8 Å². The van der Waals surface area contributed by atoms with Crippen LogP contribution in [0.2, 0.25) is 0 Å². The zero-order chi connectivity index (χ0) is 52.0. The maximum atomic E-state index is 13.0. The molecule has 6 aromatic heterocycles. The first-order valence-electron chi connectivity index (χ1n) is 22.5. The molecule has 6 aromatic carbocycles. The predicted molar refractivity (Wildman–Crippen MR) is 298 cm³/mol. The molecule has 4 N–H and O–H groups in total. The fourth-order valence-corrected chi connectivity index (χ4v) is 12.8. The van der Waals surface area contributed by atoms with Crippen molar-refractivity contribution in [3.05, 3.63) is 182 Å². The van der Waals surface area contributed by atoms with Crippen LogP contribution < -0.4 is 69.7 Å². The molecule has 0 bridgehead atoms. The monoisotopic (exact) mass is 1170 g/mol. The Morgan fingerprint density at radius 1 is 0.423 bits per heavy atom. The summed E-state index contributed by atoms with van der Waals surface area (Å²) in [5.74, 6) is 0.603. The molecule has 0 aliphatic carbocycles. The predicted octanol–water partition coefficient (Wildman–Crippen LogP) is 5.27. The molecule has 28 heteroatoms. The van der Waals surface area contributed by atoms with Gasteiger partial charge in [0.25, 0.3) is 20.2 Å². The van der Waals surface area contributed by atoms with Crippen LogP contribution >= 0.6 is 47.8 Å². The van der Waals surface area contributed by atoms with Crippen LogP contribution in [-0.2, 0) is 20.2 Å². The standard InChI is InChI=1S/C50H34N14O6S6.2Na.2H/c65-75(66,67)43-23-33(55-45-25-47(71-61-27-51-35-9-1-5-13-39(35)61)59-49(57-45)73-63-29-53-37-11-3-7-15-41(37)63)21-19-31(43)17-18-32-20-22-34(24-44(32)76(68,69)70)56-46-26-48(72-62-28-52-36-10-2-6-14-40(36)62)60-50(58-46)74-64-30-54-38-12-4-8-16-42(38)64;;;;/h1-30H,(H,55,57,59)(H,56,58,60)(H,65,66,67)(H,68,69,70);;;;/q;2*+1;2*-1. The minimum atomic E-state index is -4.88. The van der Waals surface area contributed by atoms with Crippen molar-refractivity contribution in [3.8, 4) is 0 Å². The Labute approximate surface area is 508 Å². The normalized spacial score (nSPS) is 11.9. The number of fused-ring (bicyclic) bond motifs is 4. The molecule has 78 heavy (non-hydrogen) atoms. The Bertz CT molecular complexity index is 4040. The SMILES string of the molecule is O=S(=O)(O)c1cc(Nc2cc(Sn3cnc4ccccc43)nc(Sn3cnc4ccccc43)n2)ccc1C=Cc1ccc(Nc2cc(Sn3cnc4ccccc43)nc(Sn3cnc4ccccc43)n2)cc1S(=O)(=O)O.[H-].[H-].[Na+].[Na+]. The van der Waals surface area contributed by atoms with E-state index in [0.717, 1.165) is 44.1 Å². The molecule has 0 saturated carbocycles. The van der Waals surface area contributed by atoms with E-state index in [9.17, 15) is 25.9 Å². The molecular weight excluding hydrogens is 1130 g/mol. The van der Waals surface area contributed by atoms with E-state index in [0.29, 0.717) is 32.0 Å². The van der Waals surface area contributed by atoms with Gasteiger partial charge >= 0.3 is 59.1 Å². The van der Waals surface area contributed by atoms with E-state index in [1.54, 1.807) is 49.6 Å². The molecule has 12 rings (SSSR count). The van der Waals surface area contributed by atoms with Crippen LogP contribution in [0.4, 0.5) is 23.0 Å². The number of imidazole rings is 4. The Morgan fingerprint density at radius 3 is 1.08 bits per heavy atom. The van der Waals surface area contributed by atoms with Gasteiger partial charge < -0.3 is 13.5 Å². The molecule has 0 aliphatic rings. The number of benzene rings is 6. The quantitative estimate of drug-likeness (QED) is 0.0316. The fourth-order valence-electron chi connectivity index (χ4n) is 7.95. The molecule has 0 radical (unpaired) electrons. The summed E-state index contributed by atoms with van der Waals surface area (Å²) in [5.41, 5.74) is 7.10. The zero-order valence-electron chi connectivity index (χ0n) is 42.7. The van der Waals surface area contributed by atoms with Crippen molar-refractivity contribution in [2.24, 2.45) is 0 Å². The number of rotatable bonds is 16. The average molecular weight is 1170 g/mol. The molecule has 6 heterocycles. The van der Waals surface area contributed by atoms with Gasteiger partial charge in [0.2, 0.25) is 10.3 Å². The number of nitrogens with zero attached hydrogens (tertiary/aromatic N) is 12. The fraction of sp³-hybridized carbons (Fsp3) is 0. The van der Waals surface area contributed by atoms with Crippen LogP contribution in [0, 0.1) is 0 Å². The molecule has 0 saturated heterocycles. The molecule has 0 spiro atoms. The molecule has 0 unspecified atom stereocenters. The molecule has 0 atom stereocenters. The third kappa shape index (κ3) is 12.2. The van der Waals surface area contributed by atoms with Crippen molar-refractivity contribution in [1.82, 2.24) is 55.8 Å². The van der Waals surface area contributed by atoms with Gasteiger partial charge in [0, 0.05) is 71.3 Å². The maximum absolute atomic E-state index is 13.0. The largest absolute Gasteiger partial charge is 1.00 e. The number of hydrogen-bond donors (Lipinski definition) is 4. The molecule has 380 valence electrons. The van der Waals surface area contributed by atoms with Crippen LogP contribution in [0.3, 0.4) is 0 Å². The first-order valence-corrected chi connectivity index (χ1v) is 28.5. The summed E-state index contributed by atoms with van der Waals surface area (Å²) >= 11 is 5.06. The Morgan fingerprint density at radius 2 is 0.744 bits per heavy atom. The molecule has 20 nitrogen and oxygen atoms in total. The van der Waals surface area contributed by atoms with Gasteiger partial charge in [-0.25, -0.2) is 39.9 Å². The summed E-state index contributed by atoms with van der Waals surface area (Å²) in [7, 11) is -9.75. The van der Waals surface area contributed by atoms with Gasteiger partial charge in [-0.3, -0.25) is 25.0 Å². The van der Waals surface area contributed by atoms with Crippen molar-refractivity contribution >= 4 is 147 Å². The first-order chi connectivity index (χ1) is 36.8.